The van der Waals surface area contributed by atoms with Gasteiger partial charge in [0.1, 0.15) is 0 Å². The number of rotatable bonds is 3. The van der Waals surface area contributed by atoms with Gasteiger partial charge >= 0.3 is 0 Å². The molecule has 0 saturated heterocycles. The number of hydrogen-bond donors (Lipinski definition) is 0. The lowest BCUT2D eigenvalue weighted by molar-refractivity contribution is -0.777. The molecule has 0 N–H and O–H groups in total. The molecule has 0 unspecified atom stereocenters. The molecule has 38 valence electrons. The molecule has 0 spiro atoms. The molecule has 0 aliphatic carbocycles. The van der Waals surface area contributed by atoms with E-state index in [2.05, 4.69) is 13.6 Å². The summed E-state index contributed by atoms with van der Waals surface area (Å²) < 4.78 is 7.77. The molecule has 0 amide bonds. The van der Waals surface area contributed by atoms with Gasteiger partial charge in [-0.25, -0.2) is 0 Å². The summed E-state index contributed by atoms with van der Waals surface area (Å²) in [6.45, 7) is 0. The molecule has 4 nitrogen and oxygen atoms in total. The SMILES string of the molecule is COSOO[O-]. The van der Waals surface area contributed by atoms with Gasteiger partial charge in [-0.1, -0.05) is 0 Å². The summed E-state index contributed by atoms with van der Waals surface area (Å²) in [5.41, 5.74) is 0. The molecule has 0 bridgehead atoms. The zero-order valence-electron chi connectivity index (χ0n) is 3.04. The maximum absolute atomic E-state index is 8.87. The molecule has 0 fully saturated rings. The first-order chi connectivity index (χ1) is 2.91. The summed E-state index contributed by atoms with van der Waals surface area (Å²) in [4.78, 5) is 0. The third-order valence-corrected chi connectivity index (χ3v) is 0.371. The van der Waals surface area contributed by atoms with Gasteiger partial charge in [0.05, 0.1) is 7.11 Å². The molecule has 0 aliphatic heterocycles. The molecule has 0 rings (SSSR count). The van der Waals surface area contributed by atoms with E-state index in [1.54, 1.807) is 0 Å². The van der Waals surface area contributed by atoms with Gasteiger partial charge in [0, 0.05) is 0 Å². The van der Waals surface area contributed by atoms with Crippen LogP contribution in [0.3, 0.4) is 0 Å². The fraction of sp³-hybridized carbons (Fsp3) is 1.00. The second-order valence-corrected chi connectivity index (χ2v) is 0.976. The molecule has 0 radical (unpaired) electrons. The summed E-state index contributed by atoms with van der Waals surface area (Å²) in [5, 5.41) is 11.7. The first-order valence-electron chi connectivity index (χ1n) is 1.07. The van der Waals surface area contributed by atoms with Gasteiger partial charge < -0.3 is 5.26 Å². The fourth-order valence-corrected chi connectivity index (χ4v) is 0.117. The van der Waals surface area contributed by atoms with E-state index in [1.807, 2.05) is 0 Å². The van der Waals surface area contributed by atoms with Crippen LogP contribution >= 0.6 is 12.3 Å². The van der Waals surface area contributed by atoms with E-state index in [-0.39, 0.29) is 0 Å². The molecule has 0 atom stereocenters. The van der Waals surface area contributed by atoms with Crippen molar-refractivity contribution in [2.24, 2.45) is 0 Å². The van der Waals surface area contributed by atoms with Gasteiger partial charge in [-0.05, 0) is 0 Å². The van der Waals surface area contributed by atoms with Crippen molar-refractivity contribution in [3.05, 3.63) is 0 Å². The Morgan fingerprint density at radius 1 is 1.67 bits per heavy atom. The first-order valence-corrected chi connectivity index (χ1v) is 1.74. The van der Waals surface area contributed by atoms with E-state index in [0.717, 1.165) is 0 Å². The highest BCUT2D eigenvalue weighted by Crippen LogP contribution is 1.97. The van der Waals surface area contributed by atoms with Crippen molar-refractivity contribution >= 4 is 12.3 Å². The Labute approximate surface area is 39.3 Å². The summed E-state index contributed by atoms with van der Waals surface area (Å²) in [6.07, 6.45) is 0. The molecule has 0 aromatic rings. The van der Waals surface area contributed by atoms with Crippen LogP contribution in [0.15, 0.2) is 0 Å². The smallest absolute Gasteiger partial charge is 0.193 e. The summed E-state index contributed by atoms with van der Waals surface area (Å²) in [6, 6.07) is 0. The quantitative estimate of drug-likeness (QED) is 0.211. The van der Waals surface area contributed by atoms with Gasteiger partial charge in [0.15, 0.2) is 12.3 Å². The molecular weight excluding hydrogens is 108 g/mol. The highest BCUT2D eigenvalue weighted by molar-refractivity contribution is 7.89. The standard InChI is InChI=1S/CH4O4S/c1-3-6-5-4-2/h2H,1H3/p-1. The van der Waals surface area contributed by atoms with E-state index in [1.165, 1.54) is 7.11 Å². The van der Waals surface area contributed by atoms with E-state index < -0.39 is 0 Å². The minimum atomic E-state index is 0.473. The van der Waals surface area contributed by atoms with Gasteiger partial charge in [-0.2, -0.15) is 0 Å². The van der Waals surface area contributed by atoms with E-state index in [4.69, 9.17) is 5.26 Å². The van der Waals surface area contributed by atoms with Crippen LogP contribution in [0.2, 0.25) is 0 Å². The summed E-state index contributed by atoms with van der Waals surface area (Å²) in [7, 11) is 1.35. The average Bonchev–Trinajstić information content (AvgIpc) is 1.61. The predicted molar refractivity (Wildman–Crippen MR) is 16.8 cm³/mol. The third kappa shape index (κ3) is 4.19. The van der Waals surface area contributed by atoms with Crippen molar-refractivity contribution in [2.75, 3.05) is 7.11 Å². The highest BCUT2D eigenvalue weighted by atomic mass is 32.2. The molecular formula is CH3O4S-. The normalized spacial score (nSPS) is 9.00. The van der Waals surface area contributed by atoms with Crippen LogP contribution in [0, 0.1) is 0 Å². The minimum absolute atomic E-state index is 0.473. The second-order valence-electron chi connectivity index (χ2n) is 0.371. The molecule has 0 heterocycles. The van der Waals surface area contributed by atoms with Crippen molar-refractivity contribution in [2.45, 2.75) is 0 Å². The Hall–Kier alpha value is 0.190. The summed E-state index contributed by atoms with van der Waals surface area (Å²) in [5.74, 6) is 0. The molecule has 6 heavy (non-hydrogen) atoms. The Morgan fingerprint density at radius 3 is 2.50 bits per heavy atom. The highest BCUT2D eigenvalue weighted by Gasteiger charge is 1.72. The number of hydrogen-bond acceptors (Lipinski definition) is 5. The van der Waals surface area contributed by atoms with Gasteiger partial charge in [-0.15, -0.1) is 4.33 Å². The van der Waals surface area contributed by atoms with Crippen LogP contribution in [0.4, 0.5) is 0 Å². The average molecular weight is 111 g/mol. The fourth-order valence-electron chi connectivity index (χ4n) is 0.0391. The van der Waals surface area contributed by atoms with Crippen molar-refractivity contribution < 1.29 is 18.8 Å². The van der Waals surface area contributed by atoms with Crippen molar-refractivity contribution in [1.82, 2.24) is 0 Å². The van der Waals surface area contributed by atoms with Crippen LogP contribution in [0.25, 0.3) is 0 Å². The van der Waals surface area contributed by atoms with E-state index in [0.29, 0.717) is 12.3 Å². The zero-order chi connectivity index (χ0) is 4.83. The Kier molecular flexibility index (Phi) is 5.35. The van der Waals surface area contributed by atoms with Crippen LogP contribution < -0.4 is 5.26 Å². The molecule has 0 aliphatic rings. The Bertz CT molecular complexity index is 19.5. The maximum atomic E-state index is 8.87. The van der Waals surface area contributed by atoms with Crippen molar-refractivity contribution in [1.29, 1.82) is 0 Å². The topological polar surface area (TPSA) is 50.8 Å². The maximum Gasteiger partial charge on any atom is 0.193 e. The molecule has 0 aromatic heterocycles. The van der Waals surface area contributed by atoms with Crippen LogP contribution in [0.1, 0.15) is 0 Å². The molecule has 5 heteroatoms. The van der Waals surface area contributed by atoms with Gasteiger partial charge in [0.2, 0.25) is 0 Å². The lowest BCUT2D eigenvalue weighted by Crippen LogP contribution is -2.00. The second kappa shape index (κ2) is 5.19. The Morgan fingerprint density at radius 2 is 2.33 bits per heavy atom. The predicted octanol–water partition coefficient (Wildman–Crippen LogP) is -0.581. The van der Waals surface area contributed by atoms with Gasteiger partial charge in [0.25, 0.3) is 0 Å². The van der Waals surface area contributed by atoms with Crippen LogP contribution in [-0.4, -0.2) is 7.11 Å². The lowest BCUT2D eigenvalue weighted by Gasteiger charge is -1.98. The van der Waals surface area contributed by atoms with E-state index >= 15 is 0 Å². The lowest BCUT2D eigenvalue weighted by atomic mass is 11.8. The zero-order valence-corrected chi connectivity index (χ0v) is 3.86. The van der Waals surface area contributed by atoms with E-state index in [9.17, 15) is 0 Å². The van der Waals surface area contributed by atoms with Gasteiger partial charge in [-0.3, -0.25) is 9.22 Å². The molecule has 0 aromatic carbocycles. The summed E-state index contributed by atoms with van der Waals surface area (Å²) >= 11 is 0.473. The molecule has 0 saturated carbocycles. The minimum Gasteiger partial charge on any atom is -0.691 e. The Balaban J connectivity index is 2.34. The largest absolute Gasteiger partial charge is 0.691 e. The van der Waals surface area contributed by atoms with Crippen LogP contribution in [0.5, 0.6) is 0 Å². The van der Waals surface area contributed by atoms with Crippen molar-refractivity contribution in [3.63, 3.8) is 0 Å². The van der Waals surface area contributed by atoms with Crippen LogP contribution in [-0.2, 0) is 13.6 Å². The first kappa shape index (κ1) is 6.19. The monoisotopic (exact) mass is 111 g/mol. The third-order valence-electron chi connectivity index (χ3n) is 0.124. The van der Waals surface area contributed by atoms with Crippen molar-refractivity contribution in [3.8, 4) is 0 Å².